The molecule has 1 amide bonds. The predicted octanol–water partition coefficient (Wildman–Crippen LogP) is 4.56. The minimum Gasteiger partial charge on any atom is -0.467 e. The summed E-state index contributed by atoms with van der Waals surface area (Å²) in [4.78, 5) is 12.2. The molecule has 0 bridgehead atoms. The zero-order valence-corrected chi connectivity index (χ0v) is 16.8. The third-order valence-corrected chi connectivity index (χ3v) is 5.80. The Morgan fingerprint density at radius 3 is 2.48 bits per heavy atom. The van der Waals surface area contributed by atoms with Crippen molar-refractivity contribution in [2.75, 3.05) is 0 Å². The Kier molecular flexibility index (Phi) is 5.69. The molecule has 0 saturated carbocycles. The highest BCUT2D eigenvalue weighted by molar-refractivity contribution is 8.00. The molecule has 146 valence electrons. The summed E-state index contributed by atoms with van der Waals surface area (Å²) in [5, 5.41) is 9.31. The van der Waals surface area contributed by atoms with Gasteiger partial charge in [0.2, 0.25) is 5.91 Å². The number of carbonyl (C=O) groups is 1. The van der Waals surface area contributed by atoms with Gasteiger partial charge in [0.1, 0.15) is 11.0 Å². The number of thioether (sulfide) groups is 1. The van der Waals surface area contributed by atoms with Crippen LogP contribution in [0.15, 0.2) is 82.6 Å². The van der Waals surface area contributed by atoms with Crippen molar-refractivity contribution < 1.29 is 9.21 Å². The first-order valence-corrected chi connectivity index (χ1v) is 10.1. The molecular formula is C21H17ClN4O2S. The van der Waals surface area contributed by atoms with Crippen molar-refractivity contribution in [1.29, 1.82) is 0 Å². The van der Waals surface area contributed by atoms with Crippen molar-refractivity contribution in [3.05, 3.63) is 89.3 Å². The molecule has 1 atom stereocenters. The smallest absolute Gasteiger partial charge is 0.235 e. The molecule has 0 saturated heterocycles. The molecule has 2 heterocycles. The van der Waals surface area contributed by atoms with E-state index in [4.69, 9.17) is 21.8 Å². The molecule has 0 aliphatic carbocycles. The first-order chi connectivity index (χ1) is 14.1. The monoisotopic (exact) mass is 424 g/mol. The molecule has 0 aliphatic rings. The molecule has 4 rings (SSSR count). The van der Waals surface area contributed by atoms with Gasteiger partial charge in [0.05, 0.1) is 12.8 Å². The summed E-state index contributed by atoms with van der Waals surface area (Å²) in [6, 6.07) is 20.4. The van der Waals surface area contributed by atoms with Crippen LogP contribution in [0.25, 0.3) is 11.4 Å². The minimum absolute atomic E-state index is 0.417. The number of carbonyl (C=O) groups excluding carboxylic acids is 1. The normalized spacial score (nSPS) is 12.0. The Labute approximate surface area is 176 Å². The van der Waals surface area contributed by atoms with Gasteiger partial charge in [-0.25, -0.2) is 0 Å². The molecule has 6 nitrogen and oxygen atoms in total. The second-order valence-corrected chi connectivity index (χ2v) is 7.80. The average molecular weight is 425 g/mol. The molecule has 2 N–H and O–H groups in total. The maximum absolute atomic E-state index is 12.2. The number of hydrogen-bond acceptors (Lipinski definition) is 5. The number of rotatable bonds is 7. The predicted molar refractivity (Wildman–Crippen MR) is 113 cm³/mol. The van der Waals surface area contributed by atoms with Gasteiger partial charge >= 0.3 is 0 Å². The third kappa shape index (κ3) is 4.36. The van der Waals surface area contributed by atoms with Crippen molar-refractivity contribution in [2.45, 2.75) is 17.0 Å². The standard InChI is InChI=1S/C21H17ClN4O2S/c22-16-10-8-15(9-11-16)20-24-25-21(26(20)13-17-7-4-12-28-17)29-18(19(23)27)14-5-2-1-3-6-14/h1-12,18H,13H2,(H2,23,27). The second kappa shape index (κ2) is 8.55. The lowest BCUT2D eigenvalue weighted by atomic mass is 10.1. The number of hydrogen-bond donors (Lipinski definition) is 1. The fourth-order valence-electron chi connectivity index (χ4n) is 2.91. The van der Waals surface area contributed by atoms with Crippen LogP contribution in [0.2, 0.25) is 5.02 Å². The number of aromatic nitrogens is 3. The van der Waals surface area contributed by atoms with Crippen molar-refractivity contribution >= 4 is 29.3 Å². The zero-order valence-electron chi connectivity index (χ0n) is 15.2. The number of halogens is 1. The molecule has 4 aromatic rings. The number of primary amides is 1. The summed E-state index contributed by atoms with van der Waals surface area (Å²) >= 11 is 7.28. The lowest BCUT2D eigenvalue weighted by Crippen LogP contribution is -2.19. The summed E-state index contributed by atoms with van der Waals surface area (Å²) in [7, 11) is 0. The van der Waals surface area contributed by atoms with Gasteiger partial charge in [-0.1, -0.05) is 53.7 Å². The molecule has 2 aromatic heterocycles. The largest absolute Gasteiger partial charge is 0.467 e. The van der Waals surface area contributed by atoms with Gasteiger partial charge in [-0.2, -0.15) is 0 Å². The van der Waals surface area contributed by atoms with E-state index in [2.05, 4.69) is 10.2 Å². The van der Waals surface area contributed by atoms with Crippen molar-refractivity contribution in [2.24, 2.45) is 5.73 Å². The van der Waals surface area contributed by atoms with Gasteiger partial charge in [-0.15, -0.1) is 10.2 Å². The van der Waals surface area contributed by atoms with E-state index in [1.54, 1.807) is 18.4 Å². The van der Waals surface area contributed by atoms with Gasteiger partial charge in [-0.3, -0.25) is 9.36 Å². The summed E-state index contributed by atoms with van der Waals surface area (Å²) in [5.74, 6) is 0.954. The van der Waals surface area contributed by atoms with Crippen LogP contribution < -0.4 is 5.73 Å². The molecule has 8 heteroatoms. The van der Waals surface area contributed by atoms with Crippen molar-refractivity contribution in [1.82, 2.24) is 14.8 Å². The Bertz CT molecular complexity index is 1100. The topological polar surface area (TPSA) is 86.9 Å². The van der Waals surface area contributed by atoms with Gasteiger partial charge in [0.15, 0.2) is 11.0 Å². The number of furan rings is 1. The summed E-state index contributed by atoms with van der Waals surface area (Å²) < 4.78 is 7.42. The van der Waals surface area contributed by atoms with E-state index in [0.29, 0.717) is 22.5 Å². The SMILES string of the molecule is NC(=O)C(Sc1nnc(-c2ccc(Cl)cc2)n1Cc1ccco1)c1ccccc1. The number of benzene rings is 2. The van der Waals surface area contributed by atoms with Crippen LogP contribution in [0, 0.1) is 0 Å². The van der Waals surface area contributed by atoms with Crippen LogP contribution in [0.3, 0.4) is 0 Å². The van der Waals surface area contributed by atoms with Crippen LogP contribution in [0.1, 0.15) is 16.6 Å². The fourth-order valence-corrected chi connectivity index (χ4v) is 4.03. The molecule has 29 heavy (non-hydrogen) atoms. The lowest BCUT2D eigenvalue weighted by Gasteiger charge is -2.14. The van der Waals surface area contributed by atoms with E-state index >= 15 is 0 Å². The van der Waals surface area contributed by atoms with Gasteiger partial charge < -0.3 is 10.2 Å². The molecular weight excluding hydrogens is 408 g/mol. The second-order valence-electron chi connectivity index (χ2n) is 6.29. The van der Waals surface area contributed by atoms with E-state index in [1.807, 2.05) is 59.2 Å². The summed E-state index contributed by atoms with van der Waals surface area (Å²) in [6.45, 7) is 0.417. The molecule has 0 aliphatic heterocycles. The van der Waals surface area contributed by atoms with E-state index in [9.17, 15) is 4.79 Å². The van der Waals surface area contributed by atoms with Crippen LogP contribution >= 0.6 is 23.4 Å². The molecule has 0 fully saturated rings. The van der Waals surface area contributed by atoms with Crippen LogP contribution in [-0.2, 0) is 11.3 Å². The van der Waals surface area contributed by atoms with E-state index in [0.717, 1.165) is 16.9 Å². The Morgan fingerprint density at radius 2 is 1.83 bits per heavy atom. The first-order valence-electron chi connectivity index (χ1n) is 8.84. The number of nitrogens with two attached hydrogens (primary N) is 1. The van der Waals surface area contributed by atoms with E-state index in [-0.39, 0.29) is 0 Å². The molecule has 2 aromatic carbocycles. The van der Waals surface area contributed by atoms with Gasteiger partial charge in [-0.05, 0) is 42.0 Å². The minimum atomic E-state index is -0.589. The average Bonchev–Trinajstić information content (AvgIpc) is 3.38. The maximum Gasteiger partial charge on any atom is 0.235 e. The van der Waals surface area contributed by atoms with E-state index < -0.39 is 11.2 Å². The van der Waals surface area contributed by atoms with Gasteiger partial charge in [0.25, 0.3) is 0 Å². The van der Waals surface area contributed by atoms with Gasteiger partial charge in [0, 0.05) is 10.6 Å². The summed E-state index contributed by atoms with van der Waals surface area (Å²) in [5.41, 5.74) is 7.35. The number of nitrogens with zero attached hydrogens (tertiary/aromatic N) is 3. The Morgan fingerprint density at radius 1 is 1.07 bits per heavy atom. The van der Waals surface area contributed by atoms with Crippen LogP contribution in [-0.4, -0.2) is 20.7 Å². The lowest BCUT2D eigenvalue weighted by molar-refractivity contribution is -0.117. The first kappa shape index (κ1) is 19.3. The quantitative estimate of drug-likeness (QED) is 0.439. The van der Waals surface area contributed by atoms with Crippen LogP contribution in [0.4, 0.5) is 0 Å². The summed E-state index contributed by atoms with van der Waals surface area (Å²) in [6.07, 6.45) is 1.62. The third-order valence-electron chi connectivity index (χ3n) is 4.30. The highest BCUT2D eigenvalue weighted by atomic mass is 35.5. The van der Waals surface area contributed by atoms with Crippen molar-refractivity contribution in [3.63, 3.8) is 0 Å². The highest BCUT2D eigenvalue weighted by Gasteiger charge is 2.24. The maximum atomic E-state index is 12.2. The Balaban J connectivity index is 1.74. The molecule has 1 unspecified atom stereocenters. The highest BCUT2D eigenvalue weighted by Crippen LogP contribution is 2.36. The van der Waals surface area contributed by atoms with E-state index in [1.165, 1.54) is 11.8 Å². The number of amides is 1. The van der Waals surface area contributed by atoms with Crippen LogP contribution in [0.5, 0.6) is 0 Å². The zero-order chi connectivity index (χ0) is 20.2. The fraction of sp³-hybridized carbons (Fsp3) is 0.0952. The molecule has 0 radical (unpaired) electrons. The van der Waals surface area contributed by atoms with Crippen molar-refractivity contribution in [3.8, 4) is 11.4 Å². The molecule has 0 spiro atoms. The Hall–Kier alpha value is -3.03.